The van der Waals surface area contributed by atoms with Gasteiger partial charge in [-0.15, -0.1) is 0 Å². The van der Waals surface area contributed by atoms with E-state index in [0.717, 1.165) is 62.5 Å². The van der Waals surface area contributed by atoms with Crippen LogP contribution in [0.3, 0.4) is 0 Å². The molecule has 0 heterocycles. The number of allylic oxidation sites excluding steroid dienone is 2. The van der Waals surface area contributed by atoms with Gasteiger partial charge in [0.2, 0.25) is 0 Å². The summed E-state index contributed by atoms with van der Waals surface area (Å²) in [6.45, 7) is 23.9. The van der Waals surface area contributed by atoms with E-state index in [4.69, 9.17) is 4.74 Å². The summed E-state index contributed by atoms with van der Waals surface area (Å²) in [5.74, 6) is 0.168. The van der Waals surface area contributed by atoms with E-state index in [2.05, 4.69) is 74.4 Å². The highest BCUT2D eigenvalue weighted by molar-refractivity contribution is 6.07. The molecule has 6 nitrogen and oxygen atoms in total. The summed E-state index contributed by atoms with van der Waals surface area (Å²) in [5, 5.41) is 9.61. The Bertz CT molecular complexity index is 1660. The van der Waals surface area contributed by atoms with Gasteiger partial charge in [-0.05, 0) is 127 Å². The van der Waals surface area contributed by atoms with Gasteiger partial charge in [0.05, 0.1) is 17.3 Å². The van der Waals surface area contributed by atoms with Crippen molar-refractivity contribution in [2.75, 3.05) is 0 Å². The van der Waals surface area contributed by atoms with E-state index in [-0.39, 0.29) is 63.0 Å². The first-order valence-corrected chi connectivity index (χ1v) is 20.3. The number of fused-ring (bicyclic) bond motifs is 7. The van der Waals surface area contributed by atoms with Crippen molar-refractivity contribution in [1.82, 2.24) is 0 Å². The van der Waals surface area contributed by atoms with E-state index in [1.807, 2.05) is 18.2 Å². The van der Waals surface area contributed by atoms with Crippen molar-refractivity contribution >= 4 is 23.5 Å². The van der Waals surface area contributed by atoms with Crippen molar-refractivity contribution in [3.8, 4) is 0 Å². The lowest BCUT2D eigenvalue weighted by molar-refractivity contribution is -0.233. The van der Waals surface area contributed by atoms with Crippen LogP contribution in [0.1, 0.15) is 152 Å². The van der Waals surface area contributed by atoms with Gasteiger partial charge in [-0.3, -0.25) is 19.2 Å². The molecule has 8 atom stereocenters. The first-order valence-electron chi connectivity index (χ1n) is 20.3. The van der Waals surface area contributed by atoms with Gasteiger partial charge in [-0.25, -0.2) is 0 Å². The number of ether oxygens (including phenoxy) is 1. The molecule has 4 saturated carbocycles. The second kappa shape index (κ2) is 12.7. The standard InChI is InChI=1S/C46H66O6/c1-28(2)37-31(47)25-46(34(48)26-40(3,4)29-15-13-12-14-16-29)24-23-44(10)30(38(37)46)17-18-33-43(9)21-20-35(52-36(49)27-41(5,6)39(50)51)42(7,8)32(43)19-22-45(33,44)11/h12-16,28,30,32-33,35H,17-27H2,1-11H3,(H,50,51)/t30-,32+,33-,35+,43+,44-,45-,46+/m1/s1. The zero-order chi connectivity index (χ0) is 38.4. The maximum Gasteiger partial charge on any atom is 0.309 e. The summed E-state index contributed by atoms with van der Waals surface area (Å²) in [6.07, 6.45) is 8.01. The van der Waals surface area contributed by atoms with Crippen LogP contribution in [0, 0.1) is 56.2 Å². The third-order valence-corrected chi connectivity index (χ3v) is 16.5. The third kappa shape index (κ3) is 5.69. The lowest BCUT2D eigenvalue weighted by atomic mass is 9.33. The van der Waals surface area contributed by atoms with Crippen LogP contribution in [-0.4, -0.2) is 34.7 Å². The fourth-order valence-corrected chi connectivity index (χ4v) is 13.4. The molecule has 0 saturated heterocycles. The van der Waals surface area contributed by atoms with E-state index in [9.17, 15) is 24.3 Å². The Kier molecular flexibility index (Phi) is 9.48. The molecule has 6 rings (SSSR count). The zero-order valence-corrected chi connectivity index (χ0v) is 34.0. The first kappa shape index (κ1) is 38.9. The van der Waals surface area contributed by atoms with Crippen LogP contribution in [0.25, 0.3) is 0 Å². The Hall–Kier alpha value is -2.76. The highest BCUT2D eigenvalue weighted by Crippen LogP contribution is 2.77. The number of rotatable bonds is 9. The van der Waals surface area contributed by atoms with Gasteiger partial charge >= 0.3 is 11.9 Å². The molecule has 5 aliphatic carbocycles. The van der Waals surface area contributed by atoms with E-state index < -0.39 is 22.8 Å². The lowest BCUT2D eigenvalue weighted by Crippen LogP contribution is -2.66. The quantitative estimate of drug-likeness (QED) is 0.256. The summed E-state index contributed by atoms with van der Waals surface area (Å²) >= 11 is 0. The monoisotopic (exact) mass is 714 g/mol. The molecule has 0 spiro atoms. The van der Waals surface area contributed by atoms with Crippen LogP contribution in [0.5, 0.6) is 0 Å². The minimum absolute atomic E-state index is 0.0332. The molecule has 5 aliphatic rings. The molecule has 6 heteroatoms. The summed E-state index contributed by atoms with van der Waals surface area (Å²) < 4.78 is 6.17. The molecule has 0 radical (unpaired) electrons. The molecule has 52 heavy (non-hydrogen) atoms. The molecule has 0 aromatic heterocycles. The fourth-order valence-electron chi connectivity index (χ4n) is 13.4. The second-order valence-corrected chi connectivity index (χ2v) is 20.8. The number of benzene rings is 1. The minimum atomic E-state index is -1.17. The van der Waals surface area contributed by atoms with Crippen LogP contribution in [0.4, 0.5) is 0 Å². The van der Waals surface area contributed by atoms with Crippen molar-refractivity contribution in [2.24, 2.45) is 56.2 Å². The van der Waals surface area contributed by atoms with E-state index in [1.165, 1.54) is 5.57 Å². The molecule has 0 amide bonds. The number of carboxylic acids is 1. The first-order chi connectivity index (χ1) is 24.0. The topological polar surface area (TPSA) is 97.7 Å². The Morgan fingerprint density at radius 3 is 2.10 bits per heavy atom. The number of hydrogen-bond donors (Lipinski definition) is 1. The highest BCUT2D eigenvalue weighted by Gasteiger charge is 2.71. The predicted octanol–water partition coefficient (Wildman–Crippen LogP) is 10.3. The van der Waals surface area contributed by atoms with Gasteiger partial charge in [-0.2, -0.15) is 0 Å². The molecule has 1 aromatic rings. The third-order valence-electron chi connectivity index (χ3n) is 16.5. The Labute approximate surface area is 313 Å². The van der Waals surface area contributed by atoms with Crippen molar-refractivity contribution in [3.05, 3.63) is 47.0 Å². The van der Waals surface area contributed by atoms with Gasteiger partial charge in [-0.1, -0.05) is 92.6 Å². The van der Waals surface area contributed by atoms with Crippen molar-refractivity contribution in [3.63, 3.8) is 0 Å². The minimum Gasteiger partial charge on any atom is -0.481 e. The molecular formula is C46H66O6. The number of ketones is 2. The SMILES string of the molecule is CC(C)C1=C2[C@H]3CC[C@@H]4[C@@]5(C)CC[C@H](OC(=O)CC(C)(C)C(=O)O)C(C)(C)[C@@H]5CC[C@@]4(C)[C@]3(C)CC[C@@]2(C(=O)CC(C)(C)c2ccccc2)CC1=O. The molecule has 1 aromatic carbocycles. The van der Waals surface area contributed by atoms with E-state index >= 15 is 0 Å². The molecule has 0 aliphatic heterocycles. The number of carbonyl (C=O) groups is 4. The van der Waals surface area contributed by atoms with Crippen LogP contribution in [-0.2, 0) is 29.3 Å². The number of hydrogen-bond acceptors (Lipinski definition) is 5. The van der Waals surface area contributed by atoms with Crippen molar-refractivity contribution in [2.45, 2.75) is 158 Å². The average molecular weight is 715 g/mol. The van der Waals surface area contributed by atoms with Gasteiger partial charge < -0.3 is 9.84 Å². The Morgan fingerprint density at radius 1 is 0.827 bits per heavy atom. The van der Waals surface area contributed by atoms with Crippen LogP contribution in [0.15, 0.2) is 41.5 Å². The number of Topliss-reactive ketones (excluding diaryl/α,β-unsaturated/α-hetero) is 2. The van der Waals surface area contributed by atoms with Crippen LogP contribution in [0.2, 0.25) is 0 Å². The van der Waals surface area contributed by atoms with Gasteiger partial charge in [0.1, 0.15) is 11.9 Å². The molecule has 4 fully saturated rings. The molecule has 1 N–H and O–H groups in total. The Morgan fingerprint density at radius 2 is 1.48 bits per heavy atom. The van der Waals surface area contributed by atoms with Crippen molar-refractivity contribution in [1.29, 1.82) is 0 Å². The maximum absolute atomic E-state index is 14.9. The molecule has 0 bridgehead atoms. The number of esters is 1. The number of aliphatic carboxylic acids is 1. The van der Waals surface area contributed by atoms with Crippen LogP contribution >= 0.6 is 0 Å². The van der Waals surface area contributed by atoms with E-state index in [0.29, 0.717) is 24.7 Å². The normalized spacial score (nSPS) is 37.1. The smallest absolute Gasteiger partial charge is 0.309 e. The summed E-state index contributed by atoms with van der Waals surface area (Å²) in [6, 6.07) is 10.4. The summed E-state index contributed by atoms with van der Waals surface area (Å²) in [7, 11) is 0. The molecular weight excluding hydrogens is 649 g/mol. The van der Waals surface area contributed by atoms with Crippen molar-refractivity contribution < 1.29 is 29.0 Å². The molecule has 286 valence electrons. The van der Waals surface area contributed by atoms with E-state index in [1.54, 1.807) is 13.8 Å². The average Bonchev–Trinajstić information content (AvgIpc) is 3.36. The Balaban J connectivity index is 1.31. The fraction of sp³-hybridized carbons (Fsp3) is 0.739. The number of carbonyl (C=O) groups excluding carboxylic acids is 3. The van der Waals surface area contributed by atoms with Gasteiger partial charge in [0, 0.05) is 18.3 Å². The zero-order valence-electron chi connectivity index (χ0n) is 34.0. The van der Waals surface area contributed by atoms with Gasteiger partial charge in [0.15, 0.2) is 5.78 Å². The summed E-state index contributed by atoms with van der Waals surface area (Å²) in [5.41, 5.74) is 0.944. The summed E-state index contributed by atoms with van der Waals surface area (Å²) in [4.78, 5) is 53.9. The largest absolute Gasteiger partial charge is 0.481 e. The second-order valence-electron chi connectivity index (χ2n) is 20.8. The highest BCUT2D eigenvalue weighted by atomic mass is 16.5. The number of carboxylic acid groups (broad SMARTS) is 1. The predicted molar refractivity (Wildman–Crippen MR) is 204 cm³/mol. The van der Waals surface area contributed by atoms with Gasteiger partial charge in [0.25, 0.3) is 0 Å². The lowest BCUT2D eigenvalue weighted by Gasteiger charge is -2.72. The van der Waals surface area contributed by atoms with Crippen LogP contribution < -0.4 is 0 Å². The molecule has 0 unspecified atom stereocenters. The maximum atomic E-state index is 14.9.